The van der Waals surface area contributed by atoms with E-state index in [1.807, 2.05) is 32.9 Å². The van der Waals surface area contributed by atoms with Crippen LogP contribution >= 0.6 is 0 Å². The maximum atomic E-state index is 11.5. The Morgan fingerprint density at radius 2 is 2.21 bits per heavy atom. The van der Waals surface area contributed by atoms with Crippen molar-refractivity contribution in [2.75, 3.05) is 5.32 Å². The van der Waals surface area contributed by atoms with Crippen LogP contribution in [0, 0.1) is 11.5 Å². The van der Waals surface area contributed by atoms with E-state index >= 15 is 0 Å². The van der Waals surface area contributed by atoms with E-state index in [-0.39, 0.29) is 11.3 Å². The number of hydrogen-bond acceptors (Lipinski definition) is 1. The van der Waals surface area contributed by atoms with Crippen LogP contribution in [-0.2, 0) is 4.79 Å². The van der Waals surface area contributed by atoms with Gasteiger partial charge in [0, 0.05) is 12.1 Å². The number of anilines is 1. The van der Waals surface area contributed by atoms with E-state index in [4.69, 9.17) is 0 Å². The summed E-state index contributed by atoms with van der Waals surface area (Å²) in [4.78, 5) is 11.5. The summed E-state index contributed by atoms with van der Waals surface area (Å²) in [6.07, 6.45) is 0.530. The molecule has 0 spiro atoms. The molecule has 2 nitrogen and oxygen atoms in total. The van der Waals surface area contributed by atoms with Crippen LogP contribution in [0.15, 0.2) is 24.3 Å². The third-order valence-electron chi connectivity index (χ3n) is 1.68. The predicted molar refractivity (Wildman–Crippen MR) is 58.0 cm³/mol. The van der Waals surface area contributed by atoms with Gasteiger partial charge in [-0.15, -0.1) is 0 Å². The molecular weight excluding hydrogens is 174 g/mol. The average molecular weight is 190 g/mol. The Balaban J connectivity index is 2.50. The van der Waals surface area contributed by atoms with E-state index in [1.54, 1.807) is 12.1 Å². The zero-order valence-electron chi connectivity index (χ0n) is 8.92. The van der Waals surface area contributed by atoms with E-state index in [0.29, 0.717) is 6.42 Å². The Labute approximate surface area is 85.3 Å². The summed E-state index contributed by atoms with van der Waals surface area (Å²) in [5.41, 5.74) is 0.838. The number of hydrogen-bond donors (Lipinski definition) is 1. The Bertz CT molecular complexity index is 298. The summed E-state index contributed by atoms with van der Waals surface area (Å²) in [5, 5.41) is 2.83. The lowest BCUT2D eigenvalue weighted by Gasteiger charge is -2.17. The van der Waals surface area contributed by atoms with Crippen molar-refractivity contribution in [3.63, 3.8) is 0 Å². The maximum Gasteiger partial charge on any atom is 0.224 e. The molecule has 0 aliphatic rings. The van der Waals surface area contributed by atoms with E-state index in [9.17, 15) is 4.79 Å². The van der Waals surface area contributed by atoms with Gasteiger partial charge in [0.1, 0.15) is 0 Å². The van der Waals surface area contributed by atoms with Gasteiger partial charge in [-0.3, -0.25) is 4.79 Å². The first kappa shape index (κ1) is 10.8. The molecule has 1 rings (SSSR count). The van der Waals surface area contributed by atoms with E-state index in [0.717, 1.165) is 5.69 Å². The quantitative estimate of drug-likeness (QED) is 0.763. The van der Waals surface area contributed by atoms with Gasteiger partial charge in [-0.25, -0.2) is 0 Å². The van der Waals surface area contributed by atoms with E-state index in [1.165, 1.54) is 0 Å². The van der Waals surface area contributed by atoms with Gasteiger partial charge in [0.25, 0.3) is 0 Å². The summed E-state index contributed by atoms with van der Waals surface area (Å²) in [5.74, 6) is 0.0529. The highest BCUT2D eigenvalue weighted by Gasteiger charge is 2.15. The van der Waals surface area contributed by atoms with Crippen LogP contribution < -0.4 is 5.32 Å². The van der Waals surface area contributed by atoms with Crippen molar-refractivity contribution in [3.8, 4) is 0 Å². The third kappa shape index (κ3) is 4.08. The van der Waals surface area contributed by atoms with Crippen LogP contribution in [0.1, 0.15) is 27.2 Å². The molecule has 0 saturated carbocycles. The highest BCUT2D eigenvalue weighted by Crippen LogP contribution is 2.19. The monoisotopic (exact) mass is 190 g/mol. The number of benzene rings is 1. The smallest absolute Gasteiger partial charge is 0.224 e. The van der Waals surface area contributed by atoms with Crippen molar-refractivity contribution in [3.05, 3.63) is 30.3 Å². The standard InChI is InChI=1S/C12H16NO/c1-12(2,3)9-11(14)13-10-7-5-4-6-8-10/h4-5,7-8H,9H2,1-3H3,(H,13,14). The number of rotatable bonds is 2. The Morgan fingerprint density at radius 3 is 2.71 bits per heavy atom. The van der Waals surface area contributed by atoms with Crippen LogP contribution in [0.5, 0.6) is 0 Å². The van der Waals surface area contributed by atoms with Gasteiger partial charge in [0.05, 0.1) is 0 Å². The minimum absolute atomic E-state index is 0.0303. The van der Waals surface area contributed by atoms with E-state index in [2.05, 4.69) is 11.4 Å². The minimum atomic E-state index is 0.0303. The molecule has 0 bridgehead atoms. The van der Waals surface area contributed by atoms with Gasteiger partial charge in [-0.1, -0.05) is 32.9 Å². The van der Waals surface area contributed by atoms with Gasteiger partial charge in [0.2, 0.25) is 5.91 Å². The van der Waals surface area contributed by atoms with Crippen LogP contribution in [-0.4, -0.2) is 5.91 Å². The van der Waals surface area contributed by atoms with Crippen molar-refractivity contribution < 1.29 is 4.79 Å². The molecule has 1 aromatic rings. The molecule has 1 amide bonds. The summed E-state index contributed by atoms with van der Waals surface area (Å²) >= 11 is 0. The van der Waals surface area contributed by atoms with Crippen molar-refractivity contribution in [1.82, 2.24) is 0 Å². The topological polar surface area (TPSA) is 29.1 Å². The van der Waals surface area contributed by atoms with Crippen molar-refractivity contribution in [1.29, 1.82) is 0 Å². The van der Waals surface area contributed by atoms with Crippen LogP contribution in [0.25, 0.3) is 0 Å². The Morgan fingerprint density at radius 1 is 1.50 bits per heavy atom. The third-order valence-corrected chi connectivity index (χ3v) is 1.68. The summed E-state index contributed by atoms with van der Waals surface area (Å²) in [6.45, 7) is 6.14. The first-order chi connectivity index (χ1) is 6.47. The van der Waals surface area contributed by atoms with Gasteiger partial charge in [0.15, 0.2) is 0 Å². The summed E-state index contributed by atoms with van der Waals surface area (Å²) in [7, 11) is 0. The molecule has 0 aliphatic heterocycles. The molecule has 1 radical (unpaired) electrons. The molecule has 0 unspecified atom stereocenters. The lowest BCUT2D eigenvalue weighted by Crippen LogP contribution is -2.19. The summed E-state index contributed by atoms with van der Waals surface area (Å²) < 4.78 is 0. The fourth-order valence-electron chi connectivity index (χ4n) is 1.16. The maximum absolute atomic E-state index is 11.5. The van der Waals surface area contributed by atoms with Gasteiger partial charge >= 0.3 is 0 Å². The molecule has 0 saturated heterocycles. The fourth-order valence-corrected chi connectivity index (χ4v) is 1.16. The van der Waals surface area contributed by atoms with Gasteiger partial charge in [-0.05, 0) is 23.6 Å². The average Bonchev–Trinajstić information content (AvgIpc) is 2.02. The van der Waals surface area contributed by atoms with Crippen LogP contribution in [0.4, 0.5) is 5.69 Å². The van der Waals surface area contributed by atoms with Gasteiger partial charge < -0.3 is 5.32 Å². The molecule has 75 valence electrons. The van der Waals surface area contributed by atoms with Gasteiger partial charge in [-0.2, -0.15) is 0 Å². The second kappa shape index (κ2) is 4.27. The lowest BCUT2D eigenvalue weighted by molar-refractivity contribution is -0.117. The number of amides is 1. The van der Waals surface area contributed by atoms with Crippen molar-refractivity contribution >= 4 is 11.6 Å². The normalized spacial score (nSPS) is 11.1. The minimum Gasteiger partial charge on any atom is -0.326 e. The SMILES string of the molecule is CC(C)(C)CC(=O)Nc1c[c]ccc1. The predicted octanol–water partition coefficient (Wildman–Crippen LogP) is 2.86. The number of nitrogens with one attached hydrogen (secondary N) is 1. The lowest BCUT2D eigenvalue weighted by atomic mass is 9.92. The zero-order valence-corrected chi connectivity index (χ0v) is 8.92. The molecular formula is C12H16NO. The zero-order chi connectivity index (χ0) is 10.6. The molecule has 0 heterocycles. The molecule has 1 N–H and O–H groups in total. The largest absolute Gasteiger partial charge is 0.326 e. The Kier molecular flexibility index (Phi) is 3.28. The molecule has 0 aliphatic carbocycles. The summed E-state index contributed by atoms with van der Waals surface area (Å²) in [6, 6.07) is 10.2. The fraction of sp³-hybridized carbons (Fsp3) is 0.417. The number of carbonyl (C=O) groups is 1. The van der Waals surface area contributed by atoms with Crippen LogP contribution in [0.3, 0.4) is 0 Å². The van der Waals surface area contributed by atoms with Crippen LogP contribution in [0.2, 0.25) is 0 Å². The molecule has 1 aromatic carbocycles. The molecule has 0 aromatic heterocycles. The second-order valence-corrected chi connectivity index (χ2v) is 4.58. The first-order valence-corrected chi connectivity index (χ1v) is 4.73. The van der Waals surface area contributed by atoms with E-state index < -0.39 is 0 Å². The Hall–Kier alpha value is -1.31. The molecule has 2 heteroatoms. The highest BCUT2D eigenvalue weighted by atomic mass is 16.1. The highest BCUT2D eigenvalue weighted by molar-refractivity contribution is 5.90. The molecule has 14 heavy (non-hydrogen) atoms. The van der Waals surface area contributed by atoms with Crippen molar-refractivity contribution in [2.45, 2.75) is 27.2 Å². The molecule has 0 atom stereocenters. The second-order valence-electron chi connectivity index (χ2n) is 4.58. The number of carbonyl (C=O) groups excluding carboxylic acids is 1. The van der Waals surface area contributed by atoms with Crippen molar-refractivity contribution in [2.24, 2.45) is 5.41 Å². The first-order valence-electron chi connectivity index (χ1n) is 4.73. The molecule has 0 fully saturated rings.